The molecule has 0 aromatic heterocycles. The van der Waals surface area contributed by atoms with Gasteiger partial charge in [-0.2, -0.15) is 0 Å². The molecule has 0 rings (SSSR count). The lowest BCUT2D eigenvalue weighted by Gasteiger charge is -2.19. The largest absolute Gasteiger partial charge is 0.394 e. The maximum atomic E-state index is 12.5. The van der Waals surface area contributed by atoms with Gasteiger partial charge in [-0.05, 0) is 96.3 Å². The third-order valence-corrected chi connectivity index (χ3v) is 12.7. The van der Waals surface area contributed by atoms with Crippen LogP contribution in [0.5, 0.6) is 0 Å². The van der Waals surface area contributed by atoms with Gasteiger partial charge in [-0.3, -0.25) is 4.79 Å². The molecule has 0 spiro atoms. The molecule has 1 amide bonds. The van der Waals surface area contributed by atoms with Gasteiger partial charge in [0.1, 0.15) is 0 Å². The van der Waals surface area contributed by atoms with Crippen molar-refractivity contribution in [1.82, 2.24) is 5.32 Å². The normalized spacial score (nSPS) is 13.6. The molecule has 68 heavy (non-hydrogen) atoms. The summed E-state index contributed by atoms with van der Waals surface area (Å²) in [5.41, 5.74) is 0. The van der Waals surface area contributed by atoms with Crippen molar-refractivity contribution in [2.24, 2.45) is 0 Å². The number of allylic oxidation sites excluding steroid dienone is 17. The number of rotatable bonds is 52. The first-order valence-corrected chi connectivity index (χ1v) is 29.1. The lowest BCUT2D eigenvalue weighted by molar-refractivity contribution is -0.123. The van der Waals surface area contributed by atoms with E-state index in [0.717, 1.165) is 77.0 Å². The number of hydrogen-bond acceptors (Lipinski definition) is 3. The van der Waals surface area contributed by atoms with Crippen LogP contribution >= 0.6 is 0 Å². The van der Waals surface area contributed by atoms with Crippen LogP contribution in [-0.2, 0) is 4.79 Å². The summed E-state index contributed by atoms with van der Waals surface area (Å²) in [4.78, 5) is 12.5. The minimum absolute atomic E-state index is 0.0795. The number of aliphatic hydroxyl groups is 2. The van der Waals surface area contributed by atoms with Crippen molar-refractivity contribution in [3.8, 4) is 0 Å². The number of aliphatic hydroxyl groups excluding tert-OH is 2. The van der Waals surface area contributed by atoms with Gasteiger partial charge in [0.05, 0.1) is 18.8 Å². The zero-order chi connectivity index (χ0) is 49.2. The Bertz CT molecular complexity index is 1300. The SMILES string of the molecule is CC/C=C\C/C=C\C/C=C\C/C=C\C/C=C\C/C=C\CCCCCCCCCCCCCCCCCCC(=O)NC(CO)C(O)/C=C/CC/C=C/CC/C=C/CCCCCCCCCCCCC. The molecule has 390 valence electrons. The van der Waals surface area contributed by atoms with Crippen LogP contribution in [0.4, 0.5) is 0 Å². The van der Waals surface area contributed by atoms with Crippen molar-refractivity contribution >= 4 is 5.91 Å². The summed E-state index contributed by atoms with van der Waals surface area (Å²) < 4.78 is 0. The van der Waals surface area contributed by atoms with Gasteiger partial charge in [-0.15, -0.1) is 0 Å². The fourth-order valence-corrected chi connectivity index (χ4v) is 8.33. The molecule has 0 bridgehead atoms. The number of nitrogens with one attached hydrogen (secondary N) is 1. The number of amides is 1. The number of carbonyl (C=O) groups is 1. The third kappa shape index (κ3) is 54.0. The molecule has 0 heterocycles. The number of carbonyl (C=O) groups excluding carboxylic acids is 1. The molecule has 2 unspecified atom stereocenters. The van der Waals surface area contributed by atoms with Gasteiger partial charge in [-0.25, -0.2) is 0 Å². The molecule has 0 aliphatic rings. The van der Waals surface area contributed by atoms with Crippen molar-refractivity contribution in [2.75, 3.05) is 6.61 Å². The van der Waals surface area contributed by atoms with Gasteiger partial charge in [-0.1, -0.05) is 277 Å². The van der Waals surface area contributed by atoms with Gasteiger partial charge in [0.15, 0.2) is 0 Å². The quantitative estimate of drug-likeness (QED) is 0.0420. The number of unbranched alkanes of at least 4 members (excludes halogenated alkanes) is 29. The van der Waals surface area contributed by atoms with E-state index in [2.05, 4.69) is 116 Å². The predicted octanol–water partition coefficient (Wildman–Crippen LogP) is 19.5. The molecule has 0 aliphatic heterocycles. The zero-order valence-electron chi connectivity index (χ0n) is 44.8. The Balaban J connectivity index is 3.56. The lowest BCUT2D eigenvalue weighted by atomic mass is 10.0. The van der Waals surface area contributed by atoms with E-state index in [1.54, 1.807) is 6.08 Å². The molecule has 0 radical (unpaired) electrons. The van der Waals surface area contributed by atoms with Crippen molar-refractivity contribution in [3.05, 3.63) is 109 Å². The summed E-state index contributed by atoms with van der Waals surface area (Å²) in [7, 11) is 0. The summed E-state index contributed by atoms with van der Waals surface area (Å²) in [5, 5.41) is 23.1. The van der Waals surface area contributed by atoms with Crippen LogP contribution in [0.15, 0.2) is 109 Å². The Labute approximate surface area is 423 Å². The summed E-state index contributed by atoms with van der Waals surface area (Å²) in [6, 6.07) is -0.652. The van der Waals surface area contributed by atoms with Gasteiger partial charge in [0.2, 0.25) is 5.91 Å². The van der Waals surface area contributed by atoms with Crippen molar-refractivity contribution < 1.29 is 15.0 Å². The van der Waals surface area contributed by atoms with E-state index in [1.165, 1.54) is 173 Å². The highest BCUT2D eigenvalue weighted by molar-refractivity contribution is 5.76. The molecule has 0 aliphatic carbocycles. The highest BCUT2D eigenvalue weighted by atomic mass is 16.3. The lowest BCUT2D eigenvalue weighted by Crippen LogP contribution is -2.45. The zero-order valence-corrected chi connectivity index (χ0v) is 44.8. The van der Waals surface area contributed by atoms with E-state index in [0.29, 0.717) is 6.42 Å². The van der Waals surface area contributed by atoms with Gasteiger partial charge in [0.25, 0.3) is 0 Å². The van der Waals surface area contributed by atoms with E-state index in [4.69, 9.17) is 0 Å². The van der Waals surface area contributed by atoms with E-state index >= 15 is 0 Å². The molecule has 0 aromatic rings. The van der Waals surface area contributed by atoms with Crippen molar-refractivity contribution in [1.29, 1.82) is 0 Å². The molecule has 4 heteroatoms. The second-order valence-corrected chi connectivity index (χ2v) is 19.3. The monoisotopic (exact) mass is 942 g/mol. The molecule has 0 aromatic carbocycles. The minimum Gasteiger partial charge on any atom is -0.394 e. The van der Waals surface area contributed by atoms with Gasteiger partial charge < -0.3 is 15.5 Å². The highest BCUT2D eigenvalue weighted by Crippen LogP contribution is 2.16. The van der Waals surface area contributed by atoms with Crippen molar-refractivity contribution in [3.63, 3.8) is 0 Å². The van der Waals surface area contributed by atoms with Crippen LogP contribution in [-0.4, -0.2) is 34.9 Å². The second kappa shape index (κ2) is 58.4. The second-order valence-electron chi connectivity index (χ2n) is 19.3. The fourth-order valence-electron chi connectivity index (χ4n) is 8.33. The average Bonchev–Trinajstić information content (AvgIpc) is 3.34. The Kier molecular flexibility index (Phi) is 55.8. The predicted molar refractivity (Wildman–Crippen MR) is 303 cm³/mol. The molecule has 3 N–H and O–H groups in total. The maximum absolute atomic E-state index is 12.5. The summed E-state index contributed by atoms with van der Waals surface area (Å²) in [6.07, 6.45) is 88.3. The molecule has 0 saturated heterocycles. The minimum atomic E-state index is -0.876. The van der Waals surface area contributed by atoms with Crippen LogP contribution in [0.1, 0.15) is 271 Å². The van der Waals surface area contributed by atoms with Gasteiger partial charge in [0, 0.05) is 6.42 Å². The van der Waals surface area contributed by atoms with Crippen LogP contribution in [0.25, 0.3) is 0 Å². The Morgan fingerprint density at radius 1 is 0.368 bits per heavy atom. The topological polar surface area (TPSA) is 69.6 Å². The summed E-state index contributed by atoms with van der Waals surface area (Å²) >= 11 is 0. The van der Waals surface area contributed by atoms with E-state index in [1.807, 2.05) is 6.08 Å². The standard InChI is InChI=1S/C64H111NO3/c1-3-5-7-9-11-13-15-17-19-21-23-25-26-27-28-29-30-31-32-33-34-35-36-37-38-40-42-44-46-48-50-52-54-56-58-60-64(68)65-62(61-66)63(67)59-57-55-53-51-49-47-45-43-41-39-24-22-20-18-16-14-12-10-8-6-4-2/h5,7,11,13,17,19,23,25,27-28,30-31,41,43,49,51,57,59,62-63,66-67H,3-4,6,8-10,12,14-16,18,20-22,24,26,29,32-40,42,44-48,50,52-56,58,60-61H2,1-2H3,(H,65,68)/b7-5-,13-11-,19-17-,25-23-,28-27-,31-30-,43-41+,51-49+,59-57+. The Morgan fingerprint density at radius 3 is 1.03 bits per heavy atom. The van der Waals surface area contributed by atoms with E-state index < -0.39 is 12.1 Å². The van der Waals surface area contributed by atoms with Crippen LogP contribution in [0, 0.1) is 0 Å². The number of hydrogen-bond donors (Lipinski definition) is 3. The van der Waals surface area contributed by atoms with Gasteiger partial charge >= 0.3 is 0 Å². The third-order valence-electron chi connectivity index (χ3n) is 12.7. The maximum Gasteiger partial charge on any atom is 0.220 e. The molecular formula is C64H111NO3. The van der Waals surface area contributed by atoms with Crippen LogP contribution < -0.4 is 5.32 Å². The van der Waals surface area contributed by atoms with E-state index in [-0.39, 0.29) is 12.5 Å². The smallest absolute Gasteiger partial charge is 0.220 e. The average molecular weight is 943 g/mol. The molecular weight excluding hydrogens is 831 g/mol. The first-order chi connectivity index (χ1) is 33.7. The molecule has 0 saturated carbocycles. The Morgan fingerprint density at radius 2 is 0.662 bits per heavy atom. The molecule has 4 nitrogen and oxygen atoms in total. The highest BCUT2D eigenvalue weighted by Gasteiger charge is 2.18. The molecule has 2 atom stereocenters. The molecule has 0 fully saturated rings. The summed E-state index contributed by atoms with van der Waals surface area (Å²) in [6.45, 7) is 4.19. The Hall–Kier alpha value is -2.95. The van der Waals surface area contributed by atoms with E-state index in [9.17, 15) is 15.0 Å². The summed E-state index contributed by atoms with van der Waals surface area (Å²) in [5.74, 6) is -0.0795. The fraction of sp³-hybridized carbons (Fsp3) is 0.703. The first kappa shape index (κ1) is 65.0. The van der Waals surface area contributed by atoms with Crippen LogP contribution in [0.3, 0.4) is 0 Å². The van der Waals surface area contributed by atoms with Crippen molar-refractivity contribution in [2.45, 2.75) is 283 Å². The van der Waals surface area contributed by atoms with Crippen LogP contribution in [0.2, 0.25) is 0 Å². The first-order valence-electron chi connectivity index (χ1n) is 29.1.